The van der Waals surface area contributed by atoms with Gasteiger partial charge in [-0.05, 0) is 61.9 Å². The van der Waals surface area contributed by atoms with Crippen molar-refractivity contribution >= 4 is 17.4 Å². The number of nitrogen functional groups attached to an aromatic ring is 1. The molecular weight excluding hydrogens is 436 g/mol. The van der Waals surface area contributed by atoms with Gasteiger partial charge >= 0.3 is 0 Å². The number of piperazine rings is 1. The van der Waals surface area contributed by atoms with E-state index in [4.69, 9.17) is 5.73 Å². The van der Waals surface area contributed by atoms with Crippen LogP contribution < -0.4 is 16.0 Å². The first-order valence-corrected chi connectivity index (χ1v) is 11.4. The molecule has 0 bridgehead atoms. The van der Waals surface area contributed by atoms with E-state index in [0.29, 0.717) is 35.2 Å². The maximum atomic E-state index is 15.3. The fourth-order valence-corrected chi connectivity index (χ4v) is 4.77. The highest BCUT2D eigenvalue weighted by atomic mass is 19.1. The summed E-state index contributed by atoms with van der Waals surface area (Å²) in [5.41, 5.74) is 10.6. The first-order valence-electron chi connectivity index (χ1n) is 11.4. The maximum Gasteiger partial charge on any atom is 0.251 e. The quantitative estimate of drug-likeness (QED) is 0.621. The van der Waals surface area contributed by atoms with E-state index < -0.39 is 5.82 Å². The van der Waals surface area contributed by atoms with E-state index in [1.807, 2.05) is 13.0 Å². The molecule has 3 heterocycles. The number of anilines is 2. The average molecular weight is 464 g/mol. The summed E-state index contributed by atoms with van der Waals surface area (Å²) in [6.07, 6.45) is 2.11. The molecule has 1 saturated heterocycles. The molecule has 3 aromatic rings. The molecule has 0 unspecified atom stereocenters. The van der Waals surface area contributed by atoms with Gasteiger partial charge in [0, 0.05) is 72.4 Å². The van der Waals surface area contributed by atoms with Gasteiger partial charge in [-0.15, -0.1) is 0 Å². The van der Waals surface area contributed by atoms with Crippen molar-refractivity contribution in [2.24, 2.45) is 0 Å². The van der Waals surface area contributed by atoms with Crippen molar-refractivity contribution in [2.75, 3.05) is 50.4 Å². The number of likely N-dealkylation sites (N-methyl/N-ethyl adjacent to an activating group) is 1. The lowest BCUT2D eigenvalue weighted by Gasteiger charge is -2.35. The summed E-state index contributed by atoms with van der Waals surface area (Å²) in [6.45, 7) is 6.02. The molecule has 34 heavy (non-hydrogen) atoms. The number of nitrogens with one attached hydrogen (secondary N) is 1. The van der Waals surface area contributed by atoms with Gasteiger partial charge in [0.15, 0.2) is 0 Å². The van der Waals surface area contributed by atoms with Crippen LogP contribution in [-0.4, -0.2) is 55.6 Å². The van der Waals surface area contributed by atoms with Crippen LogP contribution in [0.3, 0.4) is 0 Å². The Labute approximate surface area is 197 Å². The molecule has 3 N–H and O–H groups in total. The third-order valence-electron chi connectivity index (χ3n) is 6.77. The predicted octanol–water partition coefficient (Wildman–Crippen LogP) is 3.62. The standard InChI is InChI=1S/C26H27F2N5O/c1-15-9-18(23(28)13-24(15)33-7-5-32(2)6-8-33)17-11-21(25(29)31-14-17)20-10-16-3-4-30-26(34)19(16)12-22(20)27/h9-14H,3-8H2,1-2H3,(H2,29,31)(H,30,34). The molecule has 0 spiro atoms. The van der Waals surface area contributed by atoms with E-state index in [0.717, 1.165) is 43.0 Å². The number of benzene rings is 2. The molecule has 2 aliphatic rings. The lowest BCUT2D eigenvalue weighted by molar-refractivity contribution is 0.0945. The number of hydrogen-bond acceptors (Lipinski definition) is 5. The normalized spacial score (nSPS) is 16.4. The fourth-order valence-electron chi connectivity index (χ4n) is 4.77. The van der Waals surface area contributed by atoms with E-state index in [1.165, 1.54) is 12.3 Å². The van der Waals surface area contributed by atoms with Crippen molar-refractivity contribution in [1.82, 2.24) is 15.2 Å². The topological polar surface area (TPSA) is 74.5 Å². The molecule has 2 aromatic carbocycles. The van der Waals surface area contributed by atoms with Crippen LogP contribution >= 0.6 is 0 Å². The molecule has 1 aromatic heterocycles. The smallest absolute Gasteiger partial charge is 0.251 e. The zero-order valence-corrected chi connectivity index (χ0v) is 19.3. The number of aryl methyl sites for hydroxylation is 1. The second kappa shape index (κ2) is 8.68. The summed E-state index contributed by atoms with van der Waals surface area (Å²) < 4.78 is 30.3. The van der Waals surface area contributed by atoms with Gasteiger partial charge in [0.05, 0.1) is 0 Å². The molecule has 176 valence electrons. The van der Waals surface area contributed by atoms with Crippen molar-refractivity contribution < 1.29 is 13.6 Å². The second-order valence-corrected chi connectivity index (χ2v) is 9.06. The van der Waals surface area contributed by atoms with Crippen LogP contribution in [0.15, 0.2) is 36.5 Å². The van der Waals surface area contributed by atoms with E-state index in [-0.39, 0.29) is 23.1 Å². The number of fused-ring (bicyclic) bond motifs is 1. The lowest BCUT2D eigenvalue weighted by Crippen LogP contribution is -2.44. The average Bonchev–Trinajstić information content (AvgIpc) is 2.82. The van der Waals surface area contributed by atoms with E-state index in [2.05, 4.69) is 27.1 Å². The Balaban J connectivity index is 1.54. The summed E-state index contributed by atoms with van der Waals surface area (Å²) in [6, 6.07) is 7.94. The van der Waals surface area contributed by atoms with Crippen molar-refractivity contribution in [3.05, 3.63) is 64.9 Å². The number of nitrogens with zero attached hydrogens (tertiary/aromatic N) is 3. The minimum atomic E-state index is -0.566. The van der Waals surface area contributed by atoms with Crippen LogP contribution in [-0.2, 0) is 6.42 Å². The van der Waals surface area contributed by atoms with Gasteiger partial charge in [0.1, 0.15) is 17.5 Å². The van der Waals surface area contributed by atoms with Crippen molar-refractivity contribution in [3.63, 3.8) is 0 Å². The molecule has 1 amide bonds. The number of aromatic nitrogens is 1. The Morgan fingerprint density at radius 2 is 1.68 bits per heavy atom. The molecule has 0 saturated carbocycles. The number of amides is 1. The Morgan fingerprint density at radius 3 is 2.44 bits per heavy atom. The minimum Gasteiger partial charge on any atom is -0.383 e. The Bertz CT molecular complexity index is 1280. The first-order chi connectivity index (χ1) is 16.3. The maximum absolute atomic E-state index is 15.3. The number of halogens is 2. The van der Waals surface area contributed by atoms with Gasteiger partial charge < -0.3 is 20.9 Å². The third kappa shape index (κ3) is 3.98. The Hall–Kier alpha value is -3.52. The van der Waals surface area contributed by atoms with E-state index in [9.17, 15) is 4.79 Å². The van der Waals surface area contributed by atoms with Gasteiger partial charge in [-0.2, -0.15) is 0 Å². The second-order valence-electron chi connectivity index (χ2n) is 9.06. The van der Waals surface area contributed by atoms with Gasteiger partial charge in [-0.3, -0.25) is 4.79 Å². The SMILES string of the molecule is Cc1cc(-c2cnc(N)c(-c3cc4c(cc3F)C(=O)NCC4)c2)c(F)cc1N1CCN(C)CC1. The number of carbonyl (C=O) groups excluding carboxylic acids is 1. The van der Waals surface area contributed by atoms with Crippen molar-refractivity contribution in [1.29, 1.82) is 0 Å². The Kier molecular flexibility index (Phi) is 5.69. The zero-order chi connectivity index (χ0) is 24.0. The van der Waals surface area contributed by atoms with Crippen LogP contribution in [0, 0.1) is 18.6 Å². The monoisotopic (exact) mass is 463 g/mol. The largest absolute Gasteiger partial charge is 0.383 e. The summed E-state index contributed by atoms with van der Waals surface area (Å²) in [5.74, 6) is -1.07. The van der Waals surface area contributed by atoms with Crippen molar-refractivity contribution in [2.45, 2.75) is 13.3 Å². The summed E-state index contributed by atoms with van der Waals surface area (Å²) in [4.78, 5) is 20.8. The van der Waals surface area contributed by atoms with Crippen LogP contribution in [0.5, 0.6) is 0 Å². The number of nitrogens with two attached hydrogens (primary N) is 1. The summed E-state index contributed by atoms with van der Waals surface area (Å²) in [5, 5.41) is 2.72. The van der Waals surface area contributed by atoms with E-state index >= 15 is 8.78 Å². The Morgan fingerprint density at radius 1 is 0.941 bits per heavy atom. The summed E-state index contributed by atoms with van der Waals surface area (Å²) >= 11 is 0. The fraction of sp³-hybridized carbons (Fsp3) is 0.308. The van der Waals surface area contributed by atoms with Crippen LogP contribution in [0.25, 0.3) is 22.3 Å². The van der Waals surface area contributed by atoms with E-state index in [1.54, 1.807) is 18.2 Å². The molecule has 0 aliphatic carbocycles. The zero-order valence-electron chi connectivity index (χ0n) is 19.3. The molecule has 0 radical (unpaired) electrons. The molecule has 5 rings (SSSR count). The first kappa shape index (κ1) is 22.3. The van der Waals surface area contributed by atoms with Crippen LogP contribution in [0.2, 0.25) is 0 Å². The molecular formula is C26H27F2N5O. The molecule has 2 aliphatic heterocycles. The van der Waals surface area contributed by atoms with Gasteiger partial charge in [0.25, 0.3) is 5.91 Å². The summed E-state index contributed by atoms with van der Waals surface area (Å²) in [7, 11) is 2.08. The molecule has 8 heteroatoms. The number of carbonyl (C=O) groups is 1. The lowest BCUT2D eigenvalue weighted by atomic mass is 9.93. The number of rotatable bonds is 3. The van der Waals surface area contributed by atoms with Crippen molar-refractivity contribution in [3.8, 4) is 22.3 Å². The van der Waals surface area contributed by atoms with Crippen LogP contribution in [0.1, 0.15) is 21.5 Å². The highest BCUT2D eigenvalue weighted by molar-refractivity contribution is 5.97. The number of hydrogen-bond donors (Lipinski definition) is 2. The molecule has 0 atom stereocenters. The minimum absolute atomic E-state index is 0.147. The molecule has 1 fully saturated rings. The van der Waals surface area contributed by atoms with Crippen LogP contribution in [0.4, 0.5) is 20.3 Å². The van der Waals surface area contributed by atoms with Gasteiger partial charge in [-0.25, -0.2) is 13.8 Å². The highest BCUT2D eigenvalue weighted by Gasteiger charge is 2.23. The van der Waals surface area contributed by atoms with Gasteiger partial charge in [-0.1, -0.05) is 0 Å². The highest BCUT2D eigenvalue weighted by Crippen LogP contribution is 2.36. The molecule has 6 nitrogen and oxygen atoms in total. The third-order valence-corrected chi connectivity index (χ3v) is 6.77. The predicted molar refractivity (Wildman–Crippen MR) is 130 cm³/mol. The van der Waals surface area contributed by atoms with Gasteiger partial charge in [0.2, 0.25) is 0 Å². The number of pyridine rings is 1.